The third-order valence-electron chi connectivity index (χ3n) is 13.1. The molecule has 0 saturated heterocycles. The summed E-state index contributed by atoms with van der Waals surface area (Å²) in [6, 6.07) is 64.9. The molecule has 0 aliphatic heterocycles. The van der Waals surface area contributed by atoms with Gasteiger partial charge in [0.05, 0.1) is 58.6 Å². The van der Waals surface area contributed by atoms with E-state index in [-0.39, 0.29) is 10.6 Å². The molecular weight excluding hydrogens is 1360 g/mol. The number of halogens is 6. The van der Waals surface area contributed by atoms with Gasteiger partial charge in [0.25, 0.3) is 0 Å². The van der Waals surface area contributed by atoms with Crippen LogP contribution in [0.1, 0.15) is 0 Å². The molecule has 440 valence electrons. The molecule has 90 heavy (non-hydrogen) atoms. The van der Waals surface area contributed by atoms with Gasteiger partial charge < -0.3 is 0 Å². The fourth-order valence-corrected chi connectivity index (χ4v) is 14.7. The van der Waals surface area contributed by atoms with Crippen LogP contribution in [-0.4, -0.2) is 49.8 Å². The summed E-state index contributed by atoms with van der Waals surface area (Å²) in [7, 11) is 0. The van der Waals surface area contributed by atoms with Gasteiger partial charge in [-0.1, -0.05) is 168 Å². The van der Waals surface area contributed by atoms with Gasteiger partial charge in [-0.2, -0.15) is 0 Å². The lowest BCUT2D eigenvalue weighted by Crippen LogP contribution is -1.89. The Hall–Kier alpha value is -7.78. The SMILES string of the molecule is Clc1cc2ccsc2cn1.Clc1ccc2sccc2n1.Clc1cnc2sccc2n1.Clc1nc(-c2ccc(-c3ccccc3)cc2)c2sccc2n1.Clc1nc(-c2cccc(-c3ccccc3)c2)c2sccc2n1.Clc1nc(-c2ccccc2)c2ccsc2n1. The van der Waals surface area contributed by atoms with Gasteiger partial charge in [-0.3, -0.25) is 0 Å². The molecule has 0 atom stereocenters. The minimum atomic E-state index is 0.283. The average molecular weight is 1400 g/mol. The Morgan fingerprint density at radius 3 is 1.46 bits per heavy atom. The van der Waals surface area contributed by atoms with E-state index in [0.29, 0.717) is 20.7 Å². The monoisotopic (exact) mass is 1400 g/mol. The second kappa shape index (κ2) is 29.9. The van der Waals surface area contributed by atoms with E-state index >= 15 is 0 Å². The smallest absolute Gasteiger partial charge is 0.224 e. The normalized spacial score (nSPS) is 10.8. The lowest BCUT2D eigenvalue weighted by atomic mass is 10.0. The molecule has 0 aliphatic rings. The Labute approximate surface area is 569 Å². The van der Waals surface area contributed by atoms with E-state index in [4.69, 9.17) is 69.6 Å². The predicted octanol–water partition coefficient (Wildman–Crippen LogP) is 23.6. The lowest BCUT2D eigenvalue weighted by molar-refractivity contribution is 1.23. The van der Waals surface area contributed by atoms with E-state index in [1.807, 2.05) is 154 Å². The number of rotatable bonds is 5. The maximum absolute atomic E-state index is 6.07. The molecule has 22 heteroatoms. The van der Waals surface area contributed by atoms with Crippen molar-refractivity contribution in [3.8, 4) is 56.0 Å². The molecule has 0 N–H and O–H groups in total. The van der Waals surface area contributed by atoms with Crippen LogP contribution < -0.4 is 0 Å². The quantitative estimate of drug-likeness (QED) is 0.121. The van der Waals surface area contributed by atoms with Gasteiger partial charge in [-0.25, -0.2) is 49.8 Å². The molecule has 0 unspecified atom stereocenters. The predicted molar refractivity (Wildman–Crippen MR) is 386 cm³/mol. The van der Waals surface area contributed by atoms with Crippen molar-refractivity contribution in [3.63, 3.8) is 0 Å². The molecule has 12 heterocycles. The van der Waals surface area contributed by atoms with Crippen LogP contribution in [0.4, 0.5) is 0 Å². The Morgan fingerprint density at radius 2 is 0.756 bits per heavy atom. The molecule has 0 radical (unpaired) electrons. The highest BCUT2D eigenvalue weighted by Gasteiger charge is 2.14. The zero-order valence-electron chi connectivity index (χ0n) is 46.3. The Kier molecular flexibility index (Phi) is 20.7. The molecule has 0 aliphatic carbocycles. The van der Waals surface area contributed by atoms with Crippen LogP contribution in [-0.2, 0) is 0 Å². The van der Waals surface area contributed by atoms with Crippen molar-refractivity contribution in [2.75, 3.05) is 0 Å². The zero-order chi connectivity index (χ0) is 61.8. The third-order valence-corrected chi connectivity index (χ3v) is 19.4. The fourth-order valence-electron chi connectivity index (χ4n) is 9.04. The Balaban J connectivity index is 0.000000108. The van der Waals surface area contributed by atoms with Gasteiger partial charge in [0.15, 0.2) is 0 Å². The number of hydrogen-bond acceptors (Lipinski definition) is 16. The molecule has 17 aromatic rings. The van der Waals surface area contributed by atoms with Gasteiger partial charge in [-0.05, 0) is 155 Å². The number of pyridine rings is 2. The Morgan fingerprint density at radius 1 is 0.267 bits per heavy atom. The molecule has 0 fully saturated rings. The van der Waals surface area contributed by atoms with E-state index in [1.165, 1.54) is 31.5 Å². The molecule has 0 amide bonds. The maximum Gasteiger partial charge on any atom is 0.224 e. The summed E-state index contributed by atoms with van der Waals surface area (Å²) in [5.74, 6) is 0. The minimum absolute atomic E-state index is 0.283. The number of nitrogens with zero attached hydrogens (tertiary/aromatic N) is 10. The van der Waals surface area contributed by atoms with Gasteiger partial charge in [0.2, 0.25) is 15.9 Å². The fraction of sp³-hybridized carbons (Fsp3) is 0. The summed E-state index contributed by atoms with van der Waals surface area (Å²) < 4.78 is 4.50. The molecule has 0 saturated carbocycles. The van der Waals surface area contributed by atoms with Gasteiger partial charge >= 0.3 is 0 Å². The molecule has 5 aromatic carbocycles. The first kappa shape index (κ1) is 62.4. The molecule has 0 spiro atoms. The second-order valence-electron chi connectivity index (χ2n) is 18.9. The summed E-state index contributed by atoms with van der Waals surface area (Å²) in [5, 5.41) is 16.7. The summed E-state index contributed by atoms with van der Waals surface area (Å²) in [6.45, 7) is 0. The standard InChI is InChI=1S/2C18H11ClN2S.C12H7ClN2S.2C7H4ClNS.C6H3ClN2S/c19-18-20-15-9-10-22-17(15)16(21-18)14-8-4-7-13(11-14)12-5-2-1-3-6-12;19-18-20-15-10-11-22-17(15)16(21-18)14-8-6-13(7-9-14)12-4-2-1-3-5-12;13-12-14-10(8-4-2-1-3-5-8)9-6-7-16-11(9)15-12;8-7-3-5-1-2-10-6(5)4-9-7;8-7-2-1-6-5(9-7)3-4-10-6;7-5-3-8-6-4(9-5)1-2-10-6/h2*1-11H;1-7H;2*1-4H;1-3H. The highest BCUT2D eigenvalue weighted by atomic mass is 35.5. The van der Waals surface area contributed by atoms with Crippen LogP contribution in [0.25, 0.3) is 117 Å². The minimum Gasteiger partial charge on any atom is -0.243 e. The Bertz CT molecular complexity index is 5030. The lowest BCUT2D eigenvalue weighted by Gasteiger charge is -2.06. The topological polar surface area (TPSA) is 129 Å². The van der Waals surface area contributed by atoms with Crippen LogP contribution in [0.15, 0.2) is 239 Å². The van der Waals surface area contributed by atoms with Crippen LogP contribution in [0.3, 0.4) is 0 Å². The summed E-state index contributed by atoms with van der Waals surface area (Å²) in [4.78, 5) is 43.9. The van der Waals surface area contributed by atoms with Crippen LogP contribution in [0.2, 0.25) is 31.3 Å². The van der Waals surface area contributed by atoms with Crippen LogP contribution in [0, 0.1) is 0 Å². The van der Waals surface area contributed by atoms with Crippen molar-refractivity contribution < 1.29 is 0 Å². The molecule has 17 rings (SSSR count). The van der Waals surface area contributed by atoms with E-state index in [9.17, 15) is 0 Å². The van der Waals surface area contributed by atoms with Crippen LogP contribution in [0.5, 0.6) is 0 Å². The van der Waals surface area contributed by atoms with E-state index in [0.717, 1.165) is 85.8 Å². The van der Waals surface area contributed by atoms with Gasteiger partial charge in [0, 0.05) is 28.3 Å². The first-order chi connectivity index (χ1) is 44.0. The number of thiophene rings is 6. The first-order valence-electron chi connectivity index (χ1n) is 27.0. The van der Waals surface area contributed by atoms with Crippen molar-refractivity contribution in [1.29, 1.82) is 0 Å². The van der Waals surface area contributed by atoms with Crippen LogP contribution >= 0.6 is 138 Å². The third kappa shape index (κ3) is 15.7. The molecular formula is C68H40Cl6N10S6. The van der Waals surface area contributed by atoms with E-state index < -0.39 is 0 Å². The number of fused-ring (bicyclic) bond motifs is 6. The zero-order valence-corrected chi connectivity index (χ0v) is 55.7. The maximum atomic E-state index is 6.07. The number of hydrogen-bond donors (Lipinski definition) is 0. The molecule has 12 aromatic heterocycles. The molecule has 10 nitrogen and oxygen atoms in total. The summed E-state index contributed by atoms with van der Waals surface area (Å²) in [5.41, 5.74) is 14.2. The molecule has 0 bridgehead atoms. The van der Waals surface area contributed by atoms with Crippen molar-refractivity contribution in [2.45, 2.75) is 0 Å². The second-order valence-corrected chi connectivity index (χ2v) is 26.6. The summed E-state index contributed by atoms with van der Waals surface area (Å²) >= 11 is 44.7. The van der Waals surface area contributed by atoms with E-state index in [2.05, 4.69) is 117 Å². The highest BCUT2D eigenvalue weighted by molar-refractivity contribution is 7.18. The van der Waals surface area contributed by atoms with Crippen molar-refractivity contribution in [2.24, 2.45) is 0 Å². The highest BCUT2D eigenvalue weighted by Crippen LogP contribution is 2.36. The van der Waals surface area contributed by atoms with Gasteiger partial charge in [0.1, 0.15) is 30.6 Å². The van der Waals surface area contributed by atoms with Crippen molar-refractivity contribution in [3.05, 3.63) is 270 Å². The largest absolute Gasteiger partial charge is 0.243 e. The number of aromatic nitrogens is 10. The van der Waals surface area contributed by atoms with Crippen molar-refractivity contribution >= 4 is 199 Å². The van der Waals surface area contributed by atoms with Crippen molar-refractivity contribution in [1.82, 2.24) is 49.8 Å². The summed E-state index contributed by atoms with van der Waals surface area (Å²) in [6.07, 6.45) is 3.35. The van der Waals surface area contributed by atoms with E-state index in [1.54, 1.807) is 86.5 Å². The first-order valence-corrected chi connectivity index (χ1v) is 34.5. The number of benzene rings is 5. The van der Waals surface area contributed by atoms with Gasteiger partial charge in [-0.15, -0.1) is 68.0 Å². The average Bonchev–Trinajstić information content (AvgIpc) is 2.12.